The van der Waals surface area contributed by atoms with Crippen LogP contribution in [0.1, 0.15) is 19.4 Å². The molecule has 0 spiro atoms. The molecular formula is C14H20ClF3N2. The maximum atomic E-state index is 12.5. The third-order valence-corrected chi connectivity index (χ3v) is 3.13. The van der Waals surface area contributed by atoms with Crippen LogP contribution in [0.4, 0.5) is 18.9 Å². The second-order valence-corrected chi connectivity index (χ2v) is 5.64. The number of rotatable bonds is 6. The van der Waals surface area contributed by atoms with Crippen LogP contribution < -0.4 is 10.2 Å². The van der Waals surface area contributed by atoms with Crippen LogP contribution in [-0.2, 0) is 6.54 Å². The predicted octanol–water partition coefficient (Wildman–Crippen LogP) is 4.08. The van der Waals surface area contributed by atoms with Gasteiger partial charge in [0, 0.05) is 29.9 Å². The molecule has 0 fully saturated rings. The molecule has 0 aliphatic rings. The summed E-state index contributed by atoms with van der Waals surface area (Å²) in [6.45, 7) is 4.38. The topological polar surface area (TPSA) is 15.3 Å². The van der Waals surface area contributed by atoms with Gasteiger partial charge in [-0.05, 0) is 24.6 Å². The molecule has 0 aliphatic heterocycles. The smallest absolute Gasteiger partial charge is 0.365 e. The second-order valence-electron chi connectivity index (χ2n) is 5.23. The Morgan fingerprint density at radius 2 is 1.95 bits per heavy atom. The molecule has 0 unspecified atom stereocenters. The van der Waals surface area contributed by atoms with E-state index in [4.69, 9.17) is 11.6 Å². The Morgan fingerprint density at radius 3 is 2.50 bits per heavy atom. The Balaban J connectivity index is 2.87. The summed E-state index contributed by atoms with van der Waals surface area (Å²) in [5.74, 6) is 0.467. The molecule has 1 rings (SSSR count). The van der Waals surface area contributed by atoms with E-state index in [-0.39, 0.29) is 0 Å². The highest BCUT2D eigenvalue weighted by atomic mass is 35.5. The van der Waals surface area contributed by atoms with Gasteiger partial charge in [-0.2, -0.15) is 13.2 Å². The number of hydrogen-bond donors (Lipinski definition) is 1. The molecule has 1 aromatic rings. The van der Waals surface area contributed by atoms with E-state index in [1.807, 2.05) is 0 Å². The van der Waals surface area contributed by atoms with Crippen LogP contribution in [0, 0.1) is 5.92 Å². The van der Waals surface area contributed by atoms with Crippen LogP contribution in [0.25, 0.3) is 0 Å². The molecule has 20 heavy (non-hydrogen) atoms. The van der Waals surface area contributed by atoms with Gasteiger partial charge in [0.1, 0.15) is 6.54 Å². The standard InChI is InChI=1S/C14H20ClF3N2/c1-10(2)7-19-8-11-12(15)5-4-6-13(11)20(3)9-14(16,17)18/h4-6,10,19H,7-9H2,1-3H3. The van der Waals surface area contributed by atoms with Crippen LogP contribution in [0.5, 0.6) is 0 Å². The van der Waals surface area contributed by atoms with Crippen molar-refractivity contribution >= 4 is 17.3 Å². The predicted molar refractivity (Wildman–Crippen MR) is 77.3 cm³/mol. The van der Waals surface area contributed by atoms with Gasteiger partial charge >= 0.3 is 6.18 Å². The molecule has 0 saturated carbocycles. The zero-order valence-electron chi connectivity index (χ0n) is 11.9. The van der Waals surface area contributed by atoms with Gasteiger partial charge in [0.2, 0.25) is 0 Å². The lowest BCUT2D eigenvalue weighted by atomic mass is 10.1. The first kappa shape index (κ1) is 17.1. The molecular weight excluding hydrogens is 289 g/mol. The summed E-state index contributed by atoms with van der Waals surface area (Å²) in [5, 5.41) is 3.69. The van der Waals surface area contributed by atoms with Crippen molar-refractivity contribution in [1.29, 1.82) is 0 Å². The number of anilines is 1. The number of nitrogens with one attached hydrogen (secondary N) is 1. The van der Waals surface area contributed by atoms with E-state index in [1.54, 1.807) is 18.2 Å². The van der Waals surface area contributed by atoms with Gasteiger partial charge in [-0.15, -0.1) is 0 Å². The van der Waals surface area contributed by atoms with Gasteiger partial charge in [-0.25, -0.2) is 0 Å². The fraction of sp³-hybridized carbons (Fsp3) is 0.571. The van der Waals surface area contributed by atoms with E-state index in [0.29, 0.717) is 28.7 Å². The lowest BCUT2D eigenvalue weighted by molar-refractivity contribution is -0.119. The summed E-state index contributed by atoms with van der Waals surface area (Å²) < 4.78 is 37.5. The lowest BCUT2D eigenvalue weighted by Gasteiger charge is -2.24. The monoisotopic (exact) mass is 308 g/mol. The zero-order valence-corrected chi connectivity index (χ0v) is 12.6. The number of alkyl halides is 3. The first-order valence-electron chi connectivity index (χ1n) is 6.46. The molecule has 0 atom stereocenters. The minimum Gasteiger partial charge on any atom is -0.365 e. The molecule has 6 heteroatoms. The summed E-state index contributed by atoms with van der Waals surface area (Å²) in [6.07, 6.45) is -4.24. The summed E-state index contributed by atoms with van der Waals surface area (Å²) in [7, 11) is 1.42. The number of hydrogen-bond acceptors (Lipinski definition) is 2. The molecule has 0 heterocycles. The Bertz CT molecular complexity index is 433. The van der Waals surface area contributed by atoms with Crippen molar-refractivity contribution in [3.05, 3.63) is 28.8 Å². The molecule has 1 aromatic carbocycles. The largest absolute Gasteiger partial charge is 0.405 e. The van der Waals surface area contributed by atoms with E-state index in [0.717, 1.165) is 6.54 Å². The maximum Gasteiger partial charge on any atom is 0.405 e. The fourth-order valence-electron chi connectivity index (χ4n) is 1.92. The highest BCUT2D eigenvalue weighted by Crippen LogP contribution is 2.29. The SMILES string of the molecule is CC(C)CNCc1c(Cl)cccc1N(C)CC(F)(F)F. The summed E-state index contributed by atoms with van der Waals surface area (Å²) in [6, 6.07) is 5.01. The van der Waals surface area contributed by atoms with E-state index < -0.39 is 12.7 Å². The Hall–Kier alpha value is -0.940. The van der Waals surface area contributed by atoms with Gasteiger partial charge in [-0.3, -0.25) is 0 Å². The maximum absolute atomic E-state index is 12.5. The molecule has 0 saturated heterocycles. The third kappa shape index (κ3) is 5.59. The minimum atomic E-state index is -4.24. The normalized spacial score (nSPS) is 12.0. The molecule has 114 valence electrons. The van der Waals surface area contributed by atoms with Gasteiger partial charge < -0.3 is 10.2 Å². The third-order valence-electron chi connectivity index (χ3n) is 2.78. The second kappa shape index (κ2) is 7.18. The van der Waals surface area contributed by atoms with Crippen LogP contribution >= 0.6 is 11.6 Å². The molecule has 2 nitrogen and oxygen atoms in total. The van der Waals surface area contributed by atoms with Crippen LogP contribution in [-0.4, -0.2) is 26.3 Å². The highest BCUT2D eigenvalue weighted by molar-refractivity contribution is 6.31. The van der Waals surface area contributed by atoms with Gasteiger partial charge in [0.05, 0.1) is 0 Å². The zero-order chi connectivity index (χ0) is 15.3. The van der Waals surface area contributed by atoms with Crippen molar-refractivity contribution in [2.45, 2.75) is 26.6 Å². The van der Waals surface area contributed by atoms with Gasteiger partial charge in [-0.1, -0.05) is 31.5 Å². The number of benzene rings is 1. The van der Waals surface area contributed by atoms with Crippen LogP contribution in [0.15, 0.2) is 18.2 Å². The Morgan fingerprint density at radius 1 is 1.30 bits per heavy atom. The first-order chi connectivity index (χ1) is 9.20. The summed E-state index contributed by atoms with van der Waals surface area (Å²) >= 11 is 6.11. The number of nitrogens with zero attached hydrogens (tertiary/aromatic N) is 1. The van der Waals surface area contributed by atoms with Crippen LogP contribution in [0.3, 0.4) is 0 Å². The van der Waals surface area contributed by atoms with Gasteiger partial charge in [0.15, 0.2) is 0 Å². The van der Waals surface area contributed by atoms with Crippen molar-refractivity contribution in [2.75, 3.05) is 25.0 Å². The summed E-state index contributed by atoms with van der Waals surface area (Å²) in [4.78, 5) is 1.18. The number of halogens is 4. The summed E-state index contributed by atoms with van der Waals surface area (Å²) in [5.41, 5.74) is 1.20. The Labute approximate surface area is 122 Å². The van der Waals surface area contributed by atoms with Crippen molar-refractivity contribution in [3.63, 3.8) is 0 Å². The van der Waals surface area contributed by atoms with Gasteiger partial charge in [0.25, 0.3) is 0 Å². The van der Waals surface area contributed by atoms with Crippen molar-refractivity contribution in [1.82, 2.24) is 5.32 Å². The molecule has 0 bridgehead atoms. The van der Waals surface area contributed by atoms with Crippen LogP contribution in [0.2, 0.25) is 5.02 Å². The molecule has 1 N–H and O–H groups in total. The highest BCUT2D eigenvalue weighted by Gasteiger charge is 2.30. The molecule has 0 amide bonds. The quantitative estimate of drug-likeness (QED) is 0.851. The van der Waals surface area contributed by atoms with E-state index >= 15 is 0 Å². The van der Waals surface area contributed by atoms with E-state index in [1.165, 1.54) is 11.9 Å². The lowest BCUT2D eigenvalue weighted by Crippen LogP contribution is -2.32. The van der Waals surface area contributed by atoms with E-state index in [2.05, 4.69) is 19.2 Å². The Kier molecular flexibility index (Phi) is 6.14. The van der Waals surface area contributed by atoms with Crippen molar-refractivity contribution < 1.29 is 13.2 Å². The fourth-order valence-corrected chi connectivity index (χ4v) is 2.16. The first-order valence-corrected chi connectivity index (χ1v) is 6.84. The van der Waals surface area contributed by atoms with E-state index in [9.17, 15) is 13.2 Å². The molecule has 0 aliphatic carbocycles. The average Bonchev–Trinajstić information content (AvgIpc) is 2.28. The van der Waals surface area contributed by atoms with Crippen molar-refractivity contribution in [2.24, 2.45) is 5.92 Å². The molecule has 0 aromatic heterocycles. The van der Waals surface area contributed by atoms with Crippen molar-refractivity contribution in [3.8, 4) is 0 Å². The average molecular weight is 309 g/mol. The molecule has 0 radical (unpaired) electrons. The minimum absolute atomic E-state index is 0.454.